The van der Waals surface area contributed by atoms with Crippen LogP contribution in [0.4, 0.5) is 24.8 Å². The van der Waals surface area contributed by atoms with Crippen molar-refractivity contribution >= 4 is 28.6 Å². The number of amides is 1. The molecule has 1 amide bonds. The number of hydrogen-bond acceptors (Lipinski definition) is 6. The molecule has 2 heterocycles. The van der Waals surface area contributed by atoms with Gasteiger partial charge in [-0.3, -0.25) is 4.79 Å². The molecule has 0 fully saturated rings. The number of anilines is 2. The van der Waals surface area contributed by atoms with Gasteiger partial charge < -0.3 is 19.3 Å². The van der Waals surface area contributed by atoms with Crippen molar-refractivity contribution in [1.82, 2.24) is 20.1 Å². The second-order valence-electron chi connectivity index (χ2n) is 7.83. The van der Waals surface area contributed by atoms with Crippen LogP contribution in [0.1, 0.15) is 30.0 Å². The van der Waals surface area contributed by atoms with E-state index in [2.05, 4.69) is 34.0 Å². The van der Waals surface area contributed by atoms with Crippen LogP contribution in [0.25, 0.3) is 22.5 Å². The van der Waals surface area contributed by atoms with Crippen LogP contribution in [0.3, 0.4) is 0 Å². The molecular formula is C22H21F3N6O2. The number of H-pyrrole nitrogens is 1. The smallest absolute Gasteiger partial charge is 0.343 e. The highest BCUT2D eigenvalue weighted by molar-refractivity contribution is 6.04. The Morgan fingerprint density at radius 1 is 1.06 bits per heavy atom. The van der Waals surface area contributed by atoms with Gasteiger partial charge in [-0.05, 0) is 56.3 Å². The number of nitrogens with one attached hydrogen (secondary N) is 1. The Morgan fingerprint density at radius 2 is 1.76 bits per heavy atom. The monoisotopic (exact) mass is 458 g/mol. The van der Waals surface area contributed by atoms with Gasteiger partial charge in [0.25, 0.3) is 17.6 Å². The SMILES string of the molecule is CC(C)N(C)c1nc2ccc(N(C)C(=O)c3noc(-c4ccc(C(F)(F)F)cc4)n3)cc2[nH]1. The minimum atomic E-state index is -4.45. The highest BCUT2D eigenvalue weighted by Gasteiger charge is 2.30. The molecule has 0 radical (unpaired) electrons. The highest BCUT2D eigenvalue weighted by atomic mass is 19.4. The highest BCUT2D eigenvalue weighted by Crippen LogP contribution is 2.31. The molecule has 8 nitrogen and oxygen atoms in total. The number of aromatic amines is 1. The zero-order valence-electron chi connectivity index (χ0n) is 18.3. The minimum Gasteiger partial charge on any atom is -0.343 e. The Labute approximate surface area is 187 Å². The summed E-state index contributed by atoms with van der Waals surface area (Å²) in [4.78, 5) is 28.1. The number of carbonyl (C=O) groups is 1. The van der Waals surface area contributed by atoms with Gasteiger partial charge in [0.1, 0.15) is 0 Å². The lowest BCUT2D eigenvalue weighted by atomic mass is 10.1. The summed E-state index contributed by atoms with van der Waals surface area (Å²) in [6.07, 6.45) is -4.45. The summed E-state index contributed by atoms with van der Waals surface area (Å²) in [5, 5.41) is 3.69. The molecule has 0 aliphatic rings. The van der Waals surface area contributed by atoms with Crippen LogP contribution < -0.4 is 9.80 Å². The number of fused-ring (bicyclic) bond motifs is 1. The van der Waals surface area contributed by atoms with Crippen molar-refractivity contribution in [3.8, 4) is 11.5 Å². The summed E-state index contributed by atoms with van der Waals surface area (Å²) in [5.74, 6) is -0.0797. The molecule has 4 rings (SSSR count). The second kappa shape index (κ2) is 8.23. The first-order valence-corrected chi connectivity index (χ1v) is 10.1. The van der Waals surface area contributed by atoms with Crippen molar-refractivity contribution in [2.45, 2.75) is 26.1 Å². The van der Waals surface area contributed by atoms with E-state index in [-0.39, 0.29) is 23.3 Å². The number of rotatable bonds is 5. The number of nitrogens with zero attached hydrogens (tertiary/aromatic N) is 5. The summed E-state index contributed by atoms with van der Waals surface area (Å²) >= 11 is 0. The lowest BCUT2D eigenvalue weighted by Gasteiger charge is -2.19. The molecule has 172 valence electrons. The number of alkyl halides is 3. The number of carbonyl (C=O) groups excluding carboxylic acids is 1. The molecule has 1 N–H and O–H groups in total. The van der Waals surface area contributed by atoms with Crippen molar-refractivity contribution < 1.29 is 22.5 Å². The van der Waals surface area contributed by atoms with Crippen molar-refractivity contribution in [2.75, 3.05) is 23.9 Å². The molecule has 4 aromatic rings. The Morgan fingerprint density at radius 3 is 2.39 bits per heavy atom. The zero-order valence-corrected chi connectivity index (χ0v) is 18.3. The summed E-state index contributed by atoms with van der Waals surface area (Å²) in [7, 11) is 3.50. The normalized spacial score (nSPS) is 11.9. The molecule has 2 aromatic carbocycles. The van der Waals surface area contributed by atoms with Gasteiger partial charge in [0, 0.05) is 31.4 Å². The molecule has 0 spiro atoms. The maximum absolute atomic E-state index is 12.9. The van der Waals surface area contributed by atoms with Crippen LogP contribution in [0, 0.1) is 0 Å². The van der Waals surface area contributed by atoms with Gasteiger partial charge in [0.15, 0.2) is 0 Å². The summed E-state index contributed by atoms with van der Waals surface area (Å²) in [5.41, 5.74) is 1.58. The third-order valence-corrected chi connectivity index (χ3v) is 5.33. The Hall–Kier alpha value is -3.89. The van der Waals surface area contributed by atoms with Crippen LogP contribution in [-0.4, -0.2) is 46.2 Å². The number of halogens is 3. The van der Waals surface area contributed by atoms with Gasteiger partial charge in [0.05, 0.1) is 16.6 Å². The first kappa shape index (κ1) is 22.3. The van der Waals surface area contributed by atoms with Crippen LogP contribution in [0.2, 0.25) is 0 Å². The molecule has 0 bridgehead atoms. The summed E-state index contributed by atoms with van der Waals surface area (Å²) in [6, 6.07) is 9.85. The topological polar surface area (TPSA) is 91.2 Å². The van der Waals surface area contributed by atoms with E-state index >= 15 is 0 Å². The molecule has 0 aliphatic carbocycles. The minimum absolute atomic E-state index is 0.0501. The van der Waals surface area contributed by atoms with Crippen LogP contribution in [-0.2, 0) is 6.18 Å². The number of hydrogen-bond donors (Lipinski definition) is 1. The van der Waals surface area contributed by atoms with Gasteiger partial charge in [-0.2, -0.15) is 18.2 Å². The Bertz CT molecular complexity index is 1290. The first-order valence-electron chi connectivity index (χ1n) is 10.1. The van der Waals surface area contributed by atoms with E-state index in [1.807, 2.05) is 11.9 Å². The number of aromatic nitrogens is 4. The summed E-state index contributed by atoms with van der Waals surface area (Å²) < 4.78 is 43.3. The second-order valence-corrected chi connectivity index (χ2v) is 7.83. The molecule has 0 unspecified atom stereocenters. The molecule has 33 heavy (non-hydrogen) atoms. The van der Waals surface area contributed by atoms with Crippen molar-refractivity contribution in [3.63, 3.8) is 0 Å². The fourth-order valence-corrected chi connectivity index (χ4v) is 3.10. The van der Waals surface area contributed by atoms with E-state index in [4.69, 9.17) is 4.52 Å². The fourth-order valence-electron chi connectivity index (χ4n) is 3.10. The Balaban J connectivity index is 1.55. The van der Waals surface area contributed by atoms with E-state index in [1.54, 1.807) is 25.2 Å². The lowest BCUT2D eigenvalue weighted by Crippen LogP contribution is -2.27. The molecule has 0 saturated heterocycles. The summed E-state index contributed by atoms with van der Waals surface area (Å²) in [6.45, 7) is 4.10. The van der Waals surface area contributed by atoms with Crippen molar-refractivity contribution in [2.24, 2.45) is 0 Å². The van der Waals surface area contributed by atoms with Gasteiger partial charge in [-0.1, -0.05) is 5.16 Å². The fraction of sp³-hybridized carbons (Fsp3) is 0.273. The van der Waals surface area contributed by atoms with Crippen molar-refractivity contribution in [3.05, 3.63) is 53.9 Å². The van der Waals surface area contributed by atoms with Gasteiger partial charge in [0.2, 0.25) is 5.95 Å². The maximum atomic E-state index is 12.9. The van der Waals surface area contributed by atoms with E-state index in [1.165, 1.54) is 17.0 Å². The maximum Gasteiger partial charge on any atom is 0.416 e. The largest absolute Gasteiger partial charge is 0.416 e. The third kappa shape index (κ3) is 4.38. The van der Waals surface area contributed by atoms with Crippen LogP contribution in [0.5, 0.6) is 0 Å². The average molecular weight is 458 g/mol. The van der Waals surface area contributed by atoms with Gasteiger partial charge >= 0.3 is 6.18 Å². The Kier molecular flexibility index (Phi) is 5.56. The molecule has 0 atom stereocenters. The zero-order chi connectivity index (χ0) is 23.9. The van der Waals surface area contributed by atoms with E-state index in [9.17, 15) is 18.0 Å². The first-order chi connectivity index (χ1) is 15.5. The number of benzene rings is 2. The van der Waals surface area contributed by atoms with Gasteiger partial charge in [-0.25, -0.2) is 4.98 Å². The van der Waals surface area contributed by atoms with Crippen LogP contribution >= 0.6 is 0 Å². The van der Waals surface area contributed by atoms with E-state index in [0.717, 1.165) is 23.2 Å². The predicted molar refractivity (Wildman–Crippen MR) is 117 cm³/mol. The number of imidazole rings is 1. The van der Waals surface area contributed by atoms with Gasteiger partial charge in [-0.15, -0.1) is 0 Å². The quantitative estimate of drug-likeness (QED) is 0.464. The van der Waals surface area contributed by atoms with Crippen molar-refractivity contribution in [1.29, 1.82) is 0 Å². The lowest BCUT2D eigenvalue weighted by molar-refractivity contribution is -0.137. The predicted octanol–water partition coefficient (Wildman–Crippen LogP) is 4.75. The van der Waals surface area contributed by atoms with Crippen LogP contribution in [0.15, 0.2) is 47.0 Å². The molecule has 0 aliphatic heterocycles. The van der Waals surface area contributed by atoms with E-state index in [0.29, 0.717) is 11.6 Å². The molecule has 0 saturated carbocycles. The third-order valence-electron chi connectivity index (χ3n) is 5.33. The van der Waals surface area contributed by atoms with E-state index < -0.39 is 17.6 Å². The molecular weight excluding hydrogens is 437 g/mol. The average Bonchev–Trinajstić information content (AvgIpc) is 3.44. The molecule has 11 heteroatoms. The standard InChI is InChI=1S/C22H21F3N6O2/c1-12(2)30(3)21-26-16-10-9-15(11-17(16)27-21)31(4)20(32)18-28-19(33-29-18)13-5-7-14(8-6-13)22(23,24)25/h5-12H,1-4H3,(H,26,27). The molecule has 2 aromatic heterocycles.